The lowest BCUT2D eigenvalue weighted by molar-refractivity contribution is -0.170. The Bertz CT molecular complexity index is 1050. The molecule has 0 saturated heterocycles. The lowest BCUT2D eigenvalue weighted by Crippen LogP contribution is -2.42. The first-order chi connectivity index (χ1) is 16.5. The number of benzene rings is 1. The molecule has 2 bridgehead atoms. The zero-order valence-electron chi connectivity index (χ0n) is 18.9. The van der Waals surface area contributed by atoms with Crippen LogP contribution in [-0.2, 0) is 15.1 Å². The number of thiophene rings is 2. The molecule has 0 amide bonds. The molecule has 4 atom stereocenters. The standard InChI is InChI=1S/C26H28ClNO4S2/c1-28(12-13-31-19-9-7-18(27)8-10-19)21-16-17-6-11-20(21)24(17)32-25(29)26(30,22-4-2-14-33-22)23-5-3-15-34-23/h2-5,7-10,14-15,17,20-21,24,30H,6,11-13,16H2,1H3/t17?,20?,21-,24?/m1/s1. The number of hydrogen-bond donors (Lipinski definition) is 1. The van der Waals surface area contributed by atoms with E-state index in [0.717, 1.165) is 31.6 Å². The summed E-state index contributed by atoms with van der Waals surface area (Å²) in [4.78, 5) is 17.0. The Balaban J connectivity index is 1.23. The normalized spacial score (nSPS) is 24.0. The van der Waals surface area contributed by atoms with Crippen LogP contribution >= 0.6 is 34.3 Å². The van der Waals surface area contributed by atoms with Crippen LogP contribution in [0.15, 0.2) is 59.3 Å². The number of halogens is 1. The van der Waals surface area contributed by atoms with E-state index in [1.54, 1.807) is 12.1 Å². The first-order valence-electron chi connectivity index (χ1n) is 11.6. The number of hydrogen-bond acceptors (Lipinski definition) is 7. The Morgan fingerprint density at radius 2 is 1.79 bits per heavy atom. The minimum atomic E-state index is -1.75. The summed E-state index contributed by atoms with van der Waals surface area (Å²) in [7, 11) is 2.11. The van der Waals surface area contributed by atoms with E-state index in [0.29, 0.717) is 33.3 Å². The number of carbonyl (C=O) groups excluding carboxylic acids is 1. The van der Waals surface area contributed by atoms with Crippen LogP contribution in [0.1, 0.15) is 29.0 Å². The fraction of sp³-hybridized carbons (Fsp3) is 0.423. The van der Waals surface area contributed by atoms with Crippen molar-refractivity contribution in [2.24, 2.45) is 11.8 Å². The van der Waals surface area contributed by atoms with E-state index in [1.807, 2.05) is 47.2 Å². The van der Waals surface area contributed by atoms with Gasteiger partial charge in [0.05, 0.1) is 9.75 Å². The Hall–Kier alpha value is -1.90. The molecule has 34 heavy (non-hydrogen) atoms. The van der Waals surface area contributed by atoms with E-state index in [4.69, 9.17) is 21.1 Å². The van der Waals surface area contributed by atoms with Gasteiger partial charge in [0.15, 0.2) is 0 Å². The van der Waals surface area contributed by atoms with Crippen molar-refractivity contribution < 1.29 is 19.4 Å². The van der Waals surface area contributed by atoms with Gasteiger partial charge in [0.1, 0.15) is 18.5 Å². The molecule has 5 rings (SSSR count). The van der Waals surface area contributed by atoms with Crippen molar-refractivity contribution in [2.45, 2.75) is 37.0 Å². The van der Waals surface area contributed by atoms with E-state index in [-0.39, 0.29) is 12.0 Å². The molecular weight excluding hydrogens is 490 g/mol. The number of rotatable bonds is 9. The monoisotopic (exact) mass is 517 g/mol. The van der Waals surface area contributed by atoms with Crippen LogP contribution in [0.4, 0.5) is 0 Å². The van der Waals surface area contributed by atoms with Crippen LogP contribution in [0.2, 0.25) is 5.02 Å². The van der Waals surface area contributed by atoms with E-state index in [2.05, 4.69) is 11.9 Å². The van der Waals surface area contributed by atoms with Gasteiger partial charge in [-0.05, 0) is 79.4 Å². The highest BCUT2D eigenvalue weighted by Crippen LogP contribution is 2.49. The highest BCUT2D eigenvalue weighted by Gasteiger charge is 2.54. The number of ether oxygens (including phenoxy) is 2. The molecule has 2 saturated carbocycles. The van der Waals surface area contributed by atoms with Crippen LogP contribution < -0.4 is 4.74 Å². The molecule has 2 fully saturated rings. The van der Waals surface area contributed by atoms with Gasteiger partial charge in [-0.25, -0.2) is 4.79 Å². The lowest BCUT2D eigenvalue weighted by atomic mass is 9.94. The summed E-state index contributed by atoms with van der Waals surface area (Å²) in [5.74, 6) is 0.840. The molecule has 2 heterocycles. The summed E-state index contributed by atoms with van der Waals surface area (Å²) in [5, 5.41) is 16.0. The smallest absolute Gasteiger partial charge is 0.349 e. The number of nitrogens with zero attached hydrogens (tertiary/aromatic N) is 1. The van der Waals surface area contributed by atoms with Crippen molar-refractivity contribution >= 4 is 40.2 Å². The second-order valence-corrected chi connectivity index (χ2v) is 11.5. The van der Waals surface area contributed by atoms with Gasteiger partial charge in [0, 0.05) is 23.5 Å². The Morgan fingerprint density at radius 3 is 2.41 bits per heavy atom. The summed E-state index contributed by atoms with van der Waals surface area (Å²) in [6.07, 6.45) is 2.93. The number of carbonyl (C=O) groups is 1. The van der Waals surface area contributed by atoms with Gasteiger partial charge in [-0.3, -0.25) is 4.90 Å². The van der Waals surface area contributed by atoms with Crippen molar-refractivity contribution in [1.82, 2.24) is 4.90 Å². The van der Waals surface area contributed by atoms with Crippen molar-refractivity contribution in [1.29, 1.82) is 0 Å². The summed E-state index contributed by atoms with van der Waals surface area (Å²) in [5.41, 5.74) is -1.75. The minimum Gasteiger partial charge on any atom is -0.492 e. The Labute approximate surface area is 212 Å². The fourth-order valence-corrected chi connectivity index (χ4v) is 7.27. The van der Waals surface area contributed by atoms with Gasteiger partial charge >= 0.3 is 5.97 Å². The van der Waals surface area contributed by atoms with Gasteiger partial charge < -0.3 is 14.6 Å². The molecule has 3 unspecified atom stereocenters. The van der Waals surface area contributed by atoms with Crippen LogP contribution in [0.25, 0.3) is 0 Å². The molecule has 3 aromatic rings. The number of aliphatic hydroxyl groups is 1. The molecule has 0 aliphatic heterocycles. The number of esters is 1. The summed E-state index contributed by atoms with van der Waals surface area (Å²) in [6, 6.07) is 15.0. The molecule has 0 radical (unpaired) electrons. The van der Waals surface area contributed by atoms with Gasteiger partial charge in [-0.2, -0.15) is 0 Å². The summed E-state index contributed by atoms with van der Waals surface area (Å²) in [6.45, 7) is 1.36. The third-order valence-corrected chi connectivity index (χ3v) is 9.39. The lowest BCUT2D eigenvalue weighted by Gasteiger charge is -2.32. The number of likely N-dealkylation sites (N-methyl/N-ethyl adjacent to an activating group) is 1. The van der Waals surface area contributed by atoms with Gasteiger partial charge in [-0.1, -0.05) is 23.7 Å². The second-order valence-electron chi connectivity index (χ2n) is 9.12. The summed E-state index contributed by atoms with van der Waals surface area (Å²) >= 11 is 8.68. The van der Waals surface area contributed by atoms with E-state index in [1.165, 1.54) is 22.7 Å². The van der Waals surface area contributed by atoms with Crippen LogP contribution in [-0.4, -0.2) is 48.3 Å². The van der Waals surface area contributed by atoms with Crippen molar-refractivity contribution in [2.75, 3.05) is 20.2 Å². The molecule has 2 aromatic heterocycles. The van der Waals surface area contributed by atoms with Crippen LogP contribution in [0.3, 0.4) is 0 Å². The SMILES string of the molecule is CN(CCOc1ccc(Cl)cc1)[C@@H]1CC2CCC1C2OC(=O)C(O)(c1cccs1)c1cccs1. The van der Waals surface area contributed by atoms with Crippen LogP contribution in [0, 0.1) is 11.8 Å². The predicted molar refractivity (Wildman–Crippen MR) is 136 cm³/mol. The van der Waals surface area contributed by atoms with Crippen molar-refractivity contribution in [3.8, 4) is 5.75 Å². The zero-order chi connectivity index (χ0) is 23.7. The minimum absolute atomic E-state index is 0.163. The topological polar surface area (TPSA) is 59.0 Å². The van der Waals surface area contributed by atoms with E-state index in [9.17, 15) is 9.90 Å². The molecule has 0 spiro atoms. The maximum Gasteiger partial charge on any atom is 0.349 e. The van der Waals surface area contributed by atoms with Crippen LogP contribution in [0.5, 0.6) is 5.75 Å². The molecule has 8 heteroatoms. The molecule has 2 aliphatic rings. The van der Waals surface area contributed by atoms with Crippen molar-refractivity contribution in [3.05, 3.63) is 74.1 Å². The summed E-state index contributed by atoms with van der Waals surface area (Å²) < 4.78 is 12.0. The molecule has 1 N–H and O–H groups in total. The third kappa shape index (κ3) is 4.52. The van der Waals surface area contributed by atoms with E-state index >= 15 is 0 Å². The average Bonchev–Trinajstić information content (AvgIpc) is 3.65. The fourth-order valence-electron chi connectivity index (χ4n) is 5.43. The van der Waals surface area contributed by atoms with Gasteiger partial charge in [0.2, 0.25) is 5.60 Å². The third-order valence-electron chi connectivity index (χ3n) is 7.18. The first-order valence-corrected chi connectivity index (χ1v) is 13.7. The first kappa shape index (κ1) is 23.8. The predicted octanol–water partition coefficient (Wildman–Crippen LogP) is 5.42. The highest BCUT2D eigenvalue weighted by molar-refractivity contribution is 7.12. The zero-order valence-corrected chi connectivity index (χ0v) is 21.3. The Morgan fingerprint density at radius 1 is 1.12 bits per heavy atom. The maximum absolute atomic E-state index is 13.5. The largest absolute Gasteiger partial charge is 0.492 e. The average molecular weight is 518 g/mol. The maximum atomic E-state index is 13.5. The van der Waals surface area contributed by atoms with Crippen molar-refractivity contribution in [3.63, 3.8) is 0 Å². The quantitative estimate of drug-likeness (QED) is 0.384. The molecule has 5 nitrogen and oxygen atoms in total. The van der Waals surface area contributed by atoms with E-state index < -0.39 is 11.6 Å². The molecule has 2 aliphatic carbocycles. The van der Waals surface area contributed by atoms with Gasteiger partial charge in [-0.15, -0.1) is 22.7 Å². The second kappa shape index (κ2) is 9.99. The molecule has 180 valence electrons. The number of fused-ring (bicyclic) bond motifs is 2. The highest BCUT2D eigenvalue weighted by atomic mass is 35.5. The Kier molecular flexibility index (Phi) is 7.00. The van der Waals surface area contributed by atoms with Gasteiger partial charge in [0.25, 0.3) is 0 Å². The molecule has 1 aromatic carbocycles. The molecular formula is C26H28ClNO4S2.